The Morgan fingerprint density at radius 3 is 2.65 bits per heavy atom. The van der Waals surface area contributed by atoms with Gasteiger partial charge in [-0.3, -0.25) is 0 Å². The van der Waals surface area contributed by atoms with Crippen LogP contribution in [0.1, 0.15) is 30.9 Å². The number of benzene rings is 1. The smallest absolute Gasteiger partial charge is 0.390 e. The third-order valence-electron chi connectivity index (χ3n) is 2.56. The van der Waals surface area contributed by atoms with Gasteiger partial charge in [0.05, 0.1) is 12.5 Å². The molecular weight excluding hydrogens is 231 g/mol. The lowest BCUT2D eigenvalue weighted by atomic mass is 10.0. The van der Waals surface area contributed by atoms with Gasteiger partial charge in [-0.15, -0.1) is 0 Å². The van der Waals surface area contributed by atoms with Crippen molar-refractivity contribution in [2.24, 2.45) is 5.73 Å². The van der Waals surface area contributed by atoms with E-state index < -0.39 is 18.6 Å². The highest BCUT2D eigenvalue weighted by Crippen LogP contribution is 2.31. The maximum absolute atomic E-state index is 12.2. The van der Waals surface area contributed by atoms with Crippen molar-refractivity contribution < 1.29 is 17.9 Å². The summed E-state index contributed by atoms with van der Waals surface area (Å²) in [4.78, 5) is 0. The molecule has 0 heterocycles. The molecule has 0 bridgehead atoms. The summed E-state index contributed by atoms with van der Waals surface area (Å²) in [5, 5.41) is 0. The van der Waals surface area contributed by atoms with Crippen LogP contribution in [0, 0.1) is 0 Å². The Balaban J connectivity index is 2.03. The molecule has 1 fully saturated rings. The first kappa shape index (κ1) is 12.2. The van der Waals surface area contributed by atoms with Gasteiger partial charge in [-0.05, 0) is 30.5 Å². The monoisotopic (exact) mass is 245 g/mol. The third-order valence-corrected chi connectivity index (χ3v) is 2.56. The van der Waals surface area contributed by atoms with Gasteiger partial charge in [0.1, 0.15) is 5.75 Å². The molecule has 1 unspecified atom stereocenters. The molecule has 0 amide bonds. The highest BCUT2D eigenvalue weighted by atomic mass is 19.4. The number of alkyl halides is 3. The van der Waals surface area contributed by atoms with Crippen LogP contribution in [0.15, 0.2) is 24.3 Å². The first-order chi connectivity index (χ1) is 7.94. The number of rotatable bonds is 4. The van der Waals surface area contributed by atoms with Crippen LogP contribution in [-0.2, 0) is 0 Å². The average Bonchev–Trinajstić information content (AvgIpc) is 2.99. The molecule has 5 heteroatoms. The molecule has 94 valence electrons. The molecule has 1 saturated carbocycles. The summed E-state index contributed by atoms with van der Waals surface area (Å²) in [6.45, 7) is 0. The molecule has 1 aliphatic rings. The average molecular weight is 245 g/mol. The summed E-state index contributed by atoms with van der Waals surface area (Å²) < 4.78 is 42.1. The standard InChI is InChI=1S/C12H14F3NO/c13-12(14,15)7-11(16)8-2-1-3-10(6-8)17-9-4-5-9/h1-3,6,9,11H,4-5,7,16H2. The molecule has 1 aromatic carbocycles. The molecule has 0 radical (unpaired) electrons. The summed E-state index contributed by atoms with van der Waals surface area (Å²) in [6, 6.07) is 5.56. The van der Waals surface area contributed by atoms with Crippen LogP contribution < -0.4 is 10.5 Å². The maximum Gasteiger partial charge on any atom is 0.390 e. The molecule has 0 spiro atoms. The van der Waals surface area contributed by atoms with Crippen molar-refractivity contribution in [2.45, 2.75) is 37.6 Å². The van der Waals surface area contributed by atoms with Gasteiger partial charge < -0.3 is 10.5 Å². The summed E-state index contributed by atoms with van der Waals surface area (Å²) in [5.41, 5.74) is 5.98. The SMILES string of the molecule is NC(CC(F)(F)F)c1cccc(OC2CC2)c1. The Bertz CT molecular complexity index is 388. The highest BCUT2D eigenvalue weighted by molar-refractivity contribution is 5.31. The minimum Gasteiger partial charge on any atom is -0.490 e. The molecule has 1 aliphatic carbocycles. The van der Waals surface area contributed by atoms with E-state index in [0.717, 1.165) is 12.8 Å². The molecular formula is C12H14F3NO. The van der Waals surface area contributed by atoms with E-state index in [4.69, 9.17) is 10.5 Å². The van der Waals surface area contributed by atoms with E-state index in [1.165, 1.54) is 0 Å². The topological polar surface area (TPSA) is 35.2 Å². The molecule has 2 nitrogen and oxygen atoms in total. The Hall–Kier alpha value is -1.23. The predicted octanol–water partition coefficient (Wildman–Crippen LogP) is 3.18. The fraction of sp³-hybridized carbons (Fsp3) is 0.500. The van der Waals surface area contributed by atoms with Crippen LogP contribution in [-0.4, -0.2) is 12.3 Å². The zero-order chi connectivity index (χ0) is 12.5. The zero-order valence-electron chi connectivity index (χ0n) is 9.20. The van der Waals surface area contributed by atoms with Crippen molar-refractivity contribution in [3.63, 3.8) is 0 Å². The van der Waals surface area contributed by atoms with Crippen molar-refractivity contribution in [2.75, 3.05) is 0 Å². The first-order valence-corrected chi connectivity index (χ1v) is 5.53. The number of hydrogen-bond donors (Lipinski definition) is 1. The molecule has 0 aromatic heterocycles. The minimum absolute atomic E-state index is 0.226. The van der Waals surface area contributed by atoms with E-state index >= 15 is 0 Å². The lowest BCUT2D eigenvalue weighted by Gasteiger charge is -2.15. The van der Waals surface area contributed by atoms with Crippen LogP contribution in [0.3, 0.4) is 0 Å². The molecule has 2 N–H and O–H groups in total. The Kier molecular flexibility index (Phi) is 3.28. The van der Waals surface area contributed by atoms with E-state index in [2.05, 4.69) is 0 Å². The normalized spacial score (nSPS) is 17.9. The largest absolute Gasteiger partial charge is 0.490 e. The molecule has 0 aliphatic heterocycles. The molecule has 2 rings (SSSR count). The van der Waals surface area contributed by atoms with Gasteiger partial charge in [-0.25, -0.2) is 0 Å². The number of hydrogen-bond acceptors (Lipinski definition) is 2. The summed E-state index contributed by atoms with van der Waals surface area (Å²) in [7, 11) is 0. The van der Waals surface area contributed by atoms with Gasteiger partial charge in [0.2, 0.25) is 0 Å². The molecule has 1 atom stereocenters. The fourth-order valence-corrected chi connectivity index (χ4v) is 1.56. The van der Waals surface area contributed by atoms with Crippen LogP contribution in [0.5, 0.6) is 5.75 Å². The number of halogens is 3. The van der Waals surface area contributed by atoms with E-state index in [-0.39, 0.29) is 6.10 Å². The maximum atomic E-state index is 12.2. The summed E-state index contributed by atoms with van der Waals surface area (Å²) in [6.07, 6.45) is -3.01. The van der Waals surface area contributed by atoms with Gasteiger partial charge >= 0.3 is 6.18 Å². The zero-order valence-corrected chi connectivity index (χ0v) is 9.20. The minimum atomic E-state index is -4.24. The van der Waals surface area contributed by atoms with Gasteiger partial charge in [0.15, 0.2) is 0 Å². The third kappa shape index (κ3) is 3.93. The van der Waals surface area contributed by atoms with E-state index in [0.29, 0.717) is 11.3 Å². The van der Waals surface area contributed by atoms with Gasteiger partial charge in [0.25, 0.3) is 0 Å². The fourth-order valence-electron chi connectivity index (χ4n) is 1.56. The van der Waals surface area contributed by atoms with Gasteiger partial charge in [0, 0.05) is 6.04 Å². The molecule has 1 aromatic rings. The highest BCUT2D eigenvalue weighted by Gasteiger charge is 2.31. The van der Waals surface area contributed by atoms with Crippen molar-refractivity contribution in [3.05, 3.63) is 29.8 Å². The van der Waals surface area contributed by atoms with E-state index in [9.17, 15) is 13.2 Å². The van der Waals surface area contributed by atoms with Gasteiger partial charge in [-0.2, -0.15) is 13.2 Å². The second kappa shape index (κ2) is 4.56. The molecule has 0 saturated heterocycles. The summed E-state index contributed by atoms with van der Waals surface area (Å²) >= 11 is 0. The van der Waals surface area contributed by atoms with Crippen molar-refractivity contribution in [1.29, 1.82) is 0 Å². The Labute approximate surface area is 97.6 Å². The van der Waals surface area contributed by atoms with E-state index in [1.54, 1.807) is 24.3 Å². The van der Waals surface area contributed by atoms with E-state index in [1.807, 2.05) is 0 Å². The lowest BCUT2D eigenvalue weighted by Crippen LogP contribution is -2.20. The van der Waals surface area contributed by atoms with Crippen molar-refractivity contribution in [3.8, 4) is 5.75 Å². The second-order valence-corrected chi connectivity index (χ2v) is 4.32. The van der Waals surface area contributed by atoms with Crippen LogP contribution in [0.25, 0.3) is 0 Å². The summed E-state index contributed by atoms with van der Waals surface area (Å²) in [5.74, 6) is 0.600. The molecule has 17 heavy (non-hydrogen) atoms. The number of nitrogens with two attached hydrogens (primary N) is 1. The van der Waals surface area contributed by atoms with Crippen molar-refractivity contribution >= 4 is 0 Å². The van der Waals surface area contributed by atoms with Crippen LogP contribution in [0.4, 0.5) is 13.2 Å². The van der Waals surface area contributed by atoms with Crippen molar-refractivity contribution in [1.82, 2.24) is 0 Å². The number of ether oxygens (including phenoxy) is 1. The Morgan fingerprint density at radius 2 is 2.06 bits per heavy atom. The second-order valence-electron chi connectivity index (χ2n) is 4.32. The van der Waals surface area contributed by atoms with Gasteiger partial charge in [-0.1, -0.05) is 12.1 Å². The lowest BCUT2D eigenvalue weighted by molar-refractivity contribution is -0.138. The van der Waals surface area contributed by atoms with Crippen LogP contribution in [0.2, 0.25) is 0 Å². The van der Waals surface area contributed by atoms with Crippen LogP contribution >= 0.6 is 0 Å². The Morgan fingerprint density at radius 1 is 1.35 bits per heavy atom. The quantitative estimate of drug-likeness (QED) is 0.884. The first-order valence-electron chi connectivity index (χ1n) is 5.53. The predicted molar refractivity (Wildman–Crippen MR) is 57.7 cm³/mol.